The molecule has 288 valence electrons. The molecule has 6 rings (SSSR count). The molecule has 2 aromatic heterocycles. The van der Waals surface area contributed by atoms with Gasteiger partial charge in [0.05, 0.1) is 53.4 Å². The van der Waals surface area contributed by atoms with Gasteiger partial charge in [0.2, 0.25) is 0 Å². The topological polar surface area (TPSA) is 112 Å². The first-order valence-electron chi connectivity index (χ1n) is 19.4. The average Bonchev–Trinajstić information content (AvgIpc) is 3.48. The zero-order valence-electron chi connectivity index (χ0n) is 33.3. The number of piperidine rings is 1. The Kier molecular flexibility index (Phi) is 10.7. The monoisotopic (exact) mass is 729 g/mol. The third kappa shape index (κ3) is 8.05. The largest absolute Gasteiger partial charge is 0.490 e. The van der Waals surface area contributed by atoms with Crippen LogP contribution < -0.4 is 10.3 Å². The Balaban J connectivity index is 1.13. The summed E-state index contributed by atoms with van der Waals surface area (Å²) in [4.78, 5) is 34.0. The van der Waals surface area contributed by atoms with Gasteiger partial charge in [-0.3, -0.25) is 4.79 Å². The van der Waals surface area contributed by atoms with Crippen molar-refractivity contribution in [1.82, 2.24) is 14.5 Å². The Morgan fingerprint density at radius 2 is 1.68 bits per heavy atom. The molecule has 3 aliphatic rings. The molecule has 5 heterocycles. The molecule has 1 fully saturated rings. The van der Waals surface area contributed by atoms with Crippen molar-refractivity contribution < 1.29 is 28.8 Å². The van der Waals surface area contributed by atoms with Crippen molar-refractivity contribution in [3.63, 3.8) is 0 Å². The molecule has 53 heavy (non-hydrogen) atoms. The summed E-state index contributed by atoms with van der Waals surface area (Å²) in [5.41, 5.74) is 3.06. The maximum atomic E-state index is 13.8. The van der Waals surface area contributed by atoms with E-state index in [1.165, 1.54) is 0 Å². The number of carbonyl (C=O) groups is 1. The Morgan fingerprint density at radius 3 is 2.28 bits per heavy atom. The number of aliphatic hydroxyl groups is 1. The van der Waals surface area contributed by atoms with E-state index in [0.717, 1.165) is 53.4 Å². The highest BCUT2D eigenvalue weighted by Gasteiger charge is 2.42. The molecule has 3 aromatic rings. The zero-order valence-corrected chi connectivity index (χ0v) is 33.3. The van der Waals surface area contributed by atoms with Gasteiger partial charge in [-0.2, -0.15) is 0 Å². The summed E-state index contributed by atoms with van der Waals surface area (Å²) in [6.07, 6.45) is 4.61. The lowest BCUT2D eigenvalue weighted by molar-refractivity contribution is -0.105. The second kappa shape index (κ2) is 14.5. The van der Waals surface area contributed by atoms with Gasteiger partial charge in [-0.25, -0.2) is 9.78 Å². The van der Waals surface area contributed by atoms with Crippen molar-refractivity contribution in [3.05, 3.63) is 69.2 Å². The Bertz CT molecular complexity index is 1930. The lowest BCUT2D eigenvalue weighted by Gasteiger charge is -2.37. The summed E-state index contributed by atoms with van der Waals surface area (Å²) in [5.74, 6) is 1.25. The second-order valence-corrected chi connectivity index (χ2v) is 17.6. The molecule has 3 aliphatic heterocycles. The third-order valence-electron chi connectivity index (χ3n) is 11.2. The van der Waals surface area contributed by atoms with Crippen LogP contribution in [0.25, 0.3) is 22.3 Å². The molecule has 10 heteroatoms. The van der Waals surface area contributed by atoms with Gasteiger partial charge in [-0.05, 0) is 116 Å². The predicted molar refractivity (Wildman–Crippen MR) is 207 cm³/mol. The number of ether oxygens (including phenoxy) is 4. The van der Waals surface area contributed by atoms with E-state index in [4.69, 9.17) is 23.9 Å². The van der Waals surface area contributed by atoms with Crippen molar-refractivity contribution in [2.24, 2.45) is 11.3 Å². The summed E-state index contributed by atoms with van der Waals surface area (Å²) in [5, 5.41) is 12.4. The molecule has 0 aliphatic carbocycles. The summed E-state index contributed by atoms with van der Waals surface area (Å²) in [6.45, 7) is 25.7. The minimum atomic E-state index is -1.44. The van der Waals surface area contributed by atoms with Gasteiger partial charge < -0.3 is 33.5 Å². The average molecular weight is 730 g/mol. The number of fused-ring (bicyclic) bond motifs is 5. The highest BCUT2D eigenvalue weighted by molar-refractivity contribution is 5.89. The number of hydrogen-bond donors (Lipinski definition) is 1. The normalized spacial score (nSPS) is 19.2. The Morgan fingerprint density at radius 1 is 1.02 bits per heavy atom. The van der Waals surface area contributed by atoms with Gasteiger partial charge >= 0.3 is 6.09 Å². The molecule has 1 atom stereocenters. The molecule has 0 spiro atoms. The van der Waals surface area contributed by atoms with Gasteiger partial charge in [0.25, 0.3) is 5.56 Å². The SMILES string of the molecule is C=C1OCc2c(cc3n(c2=O)Cc2c-3nc3ccc(OC(=O)N4CCC(CCC(C)(COC(C)(C)C)COC(C)(C)C)CC4)cc3c2CC)C1(O)CC. The number of carbonyl (C=O) groups excluding carboxylic acids is 1. The number of aryl methyl sites for hydroxylation is 1. The van der Waals surface area contributed by atoms with Crippen LogP contribution >= 0.6 is 0 Å². The van der Waals surface area contributed by atoms with Crippen LogP contribution in [0.5, 0.6) is 5.75 Å². The molecule has 0 saturated carbocycles. The van der Waals surface area contributed by atoms with E-state index < -0.39 is 5.60 Å². The van der Waals surface area contributed by atoms with Gasteiger partial charge in [0.1, 0.15) is 23.7 Å². The van der Waals surface area contributed by atoms with Crippen LogP contribution in [0.4, 0.5) is 4.79 Å². The minimum Gasteiger partial charge on any atom is -0.490 e. The van der Waals surface area contributed by atoms with Crippen LogP contribution in [0.2, 0.25) is 0 Å². The summed E-state index contributed by atoms with van der Waals surface area (Å²) >= 11 is 0. The highest BCUT2D eigenvalue weighted by atomic mass is 16.6. The fourth-order valence-corrected chi connectivity index (χ4v) is 7.81. The molecule has 0 radical (unpaired) electrons. The van der Waals surface area contributed by atoms with E-state index >= 15 is 0 Å². The highest BCUT2D eigenvalue weighted by Crippen LogP contribution is 2.43. The molecule has 1 aromatic carbocycles. The zero-order chi connectivity index (χ0) is 38.5. The maximum absolute atomic E-state index is 13.8. The van der Waals surface area contributed by atoms with Crippen molar-refractivity contribution in [2.45, 2.75) is 131 Å². The molecule has 10 nitrogen and oxygen atoms in total. The fourth-order valence-electron chi connectivity index (χ4n) is 7.81. The van der Waals surface area contributed by atoms with Crippen molar-refractivity contribution in [2.75, 3.05) is 26.3 Å². The van der Waals surface area contributed by atoms with Crippen molar-refractivity contribution in [1.29, 1.82) is 0 Å². The molecule has 1 saturated heterocycles. The molecule has 1 amide bonds. The van der Waals surface area contributed by atoms with Crippen LogP contribution in [-0.4, -0.2) is 63.2 Å². The van der Waals surface area contributed by atoms with Crippen LogP contribution in [-0.2, 0) is 39.4 Å². The Labute approximate surface area is 314 Å². The lowest BCUT2D eigenvalue weighted by atomic mass is 9.81. The number of nitrogens with zero attached hydrogens (tertiary/aromatic N) is 3. The predicted octanol–water partition coefficient (Wildman–Crippen LogP) is 8.26. The first kappa shape index (κ1) is 39.0. The van der Waals surface area contributed by atoms with E-state index in [0.29, 0.717) is 74.2 Å². The molecule has 0 bridgehead atoms. The number of amides is 1. The van der Waals surface area contributed by atoms with Crippen LogP contribution in [0.3, 0.4) is 0 Å². The van der Waals surface area contributed by atoms with Crippen molar-refractivity contribution in [3.8, 4) is 17.1 Å². The van der Waals surface area contributed by atoms with Crippen LogP contribution in [0.15, 0.2) is 41.4 Å². The Hall–Kier alpha value is -3.73. The number of hydrogen-bond acceptors (Lipinski definition) is 8. The number of pyridine rings is 2. The summed E-state index contributed by atoms with van der Waals surface area (Å²) in [7, 11) is 0. The first-order valence-corrected chi connectivity index (χ1v) is 19.4. The van der Waals surface area contributed by atoms with E-state index in [1.54, 1.807) is 10.6 Å². The standard InChI is InChI=1S/C43H59N3O7/c1-11-30-31-21-29(53-39(48)45-19-16-28(17-20-45)15-18-42(10,25-51-40(4,5)6)26-52-41(7,8)9)13-14-35(31)44-37-32(30)23-46-36(37)22-34-33(38(46)47)24-50-27(3)43(34,49)12-2/h13-14,21-22,28,49H,3,11-12,15-20,23-26H2,1-2,4-10H3. The van der Waals surface area contributed by atoms with Gasteiger partial charge in [-0.15, -0.1) is 0 Å². The second-order valence-electron chi connectivity index (χ2n) is 17.6. The van der Waals surface area contributed by atoms with Crippen LogP contribution in [0.1, 0.15) is 117 Å². The smallest absolute Gasteiger partial charge is 0.415 e. The van der Waals surface area contributed by atoms with Crippen molar-refractivity contribution >= 4 is 17.0 Å². The third-order valence-corrected chi connectivity index (χ3v) is 11.2. The number of likely N-dealkylation sites (tertiary alicyclic amines) is 1. The molecule has 1 unspecified atom stereocenters. The minimum absolute atomic E-state index is 0.0774. The van der Waals surface area contributed by atoms with E-state index in [1.807, 2.05) is 30.0 Å². The van der Waals surface area contributed by atoms with Gasteiger partial charge in [0, 0.05) is 35.0 Å². The molecule has 1 N–H and O–H groups in total. The van der Waals surface area contributed by atoms with Gasteiger partial charge in [0.15, 0.2) is 0 Å². The van der Waals surface area contributed by atoms with E-state index in [2.05, 4.69) is 62.0 Å². The maximum Gasteiger partial charge on any atom is 0.415 e. The van der Waals surface area contributed by atoms with Crippen LogP contribution in [0, 0.1) is 11.3 Å². The summed E-state index contributed by atoms with van der Waals surface area (Å²) in [6, 6.07) is 7.46. The number of rotatable bonds is 10. The van der Waals surface area contributed by atoms with E-state index in [-0.39, 0.29) is 40.6 Å². The van der Waals surface area contributed by atoms with Gasteiger partial charge in [-0.1, -0.05) is 27.4 Å². The lowest BCUT2D eigenvalue weighted by Crippen LogP contribution is -2.41. The number of aromatic nitrogens is 2. The summed E-state index contributed by atoms with van der Waals surface area (Å²) < 4.78 is 25.8. The van der Waals surface area contributed by atoms with E-state index in [9.17, 15) is 14.7 Å². The molecular weight excluding hydrogens is 670 g/mol. The fraction of sp³-hybridized carbons (Fsp3) is 0.605. The quantitative estimate of drug-likeness (QED) is 0.174. The molecular formula is C43H59N3O7. The first-order chi connectivity index (χ1) is 24.8. The number of benzene rings is 1.